The maximum Gasteiger partial charge on any atom is 0.408 e. The molecule has 4 amide bonds. The Morgan fingerprint density at radius 1 is 0.927 bits per heavy atom. The van der Waals surface area contributed by atoms with Crippen LogP contribution < -0.4 is 16.4 Å². The minimum absolute atomic E-state index is 0.0275. The summed E-state index contributed by atoms with van der Waals surface area (Å²) in [6.07, 6.45) is 10.3. The Balaban J connectivity index is 1.33. The first kappa shape index (κ1) is 29.8. The fourth-order valence-corrected chi connectivity index (χ4v) is 7.94. The second-order valence-corrected chi connectivity index (χ2v) is 14.1. The third kappa shape index (κ3) is 6.41. The number of likely N-dealkylation sites (tertiary alicyclic amines) is 1. The van der Waals surface area contributed by atoms with E-state index in [1.807, 2.05) is 0 Å². The third-order valence-corrected chi connectivity index (χ3v) is 10.9. The largest absolute Gasteiger partial charge is 0.446 e. The van der Waals surface area contributed by atoms with Crippen molar-refractivity contribution in [2.24, 2.45) is 40.7 Å². The van der Waals surface area contributed by atoms with Crippen LogP contribution in [-0.2, 0) is 23.9 Å². The first-order valence-electron chi connectivity index (χ1n) is 15.9. The van der Waals surface area contributed by atoms with Gasteiger partial charge in [-0.25, -0.2) is 4.79 Å². The van der Waals surface area contributed by atoms with Crippen LogP contribution in [-0.4, -0.2) is 65.3 Å². The van der Waals surface area contributed by atoms with Crippen molar-refractivity contribution in [2.75, 3.05) is 6.54 Å². The lowest BCUT2D eigenvalue weighted by molar-refractivity contribution is -0.144. The summed E-state index contributed by atoms with van der Waals surface area (Å²) in [6.45, 7) is 6.72. The second kappa shape index (κ2) is 11.9. The first-order valence-corrected chi connectivity index (χ1v) is 15.9. The minimum Gasteiger partial charge on any atom is -0.446 e. The van der Waals surface area contributed by atoms with Gasteiger partial charge in [0, 0.05) is 6.54 Å². The molecule has 1 heterocycles. The average molecular weight is 573 g/mol. The van der Waals surface area contributed by atoms with Crippen molar-refractivity contribution >= 4 is 29.6 Å². The second-order valence-electron chi connectivity index (χ2n) is 14.1. The van der Waals surface area contributed by atoms with Gasteiger partial charge in [-0.15, -0.1) is 0 Å². The number of nitrogens with one attached hydrogen (secondary N) is 2. The van der Waals surface area contributed by atoms with E-state index in [2.05, 4.69) is 31.4 Å². The topological polar surface area (TPSA) is 148 Å². The van der Waals surface area contributed by atoms with E-state index in [0.717, 1.165) is 70.6 Å². The summed E-state index contributed by atoms with van der Waals surface area (Å²) in [7, 11) is 0. The number of amides is 4. The molecule has 1 aliphatic heterocycles. The Kier molecular flexibility index (Phi) is 8.67. The molecule has 41 heavy (non-hydrogen) atoms. The summed E-state index contributed by atoms with van der Waals surface area (Å²) < 4.78 is 5.84. The van der Waals surface area contributed by atoms with Gasteiger partial charge in [-0.05, 0) is 73.5 Å². The van der Waals surface area contributed by atoms with Crippen LogP contribution in [0.25, 0.3) is 0 Å². The van der Waals surface area contributed by atoms with Crippen LogP contribution >= 0.6 is 0 Å². The molecule has 0 aromatic carbocycles. The Bertz CT molecular complexity index is 1050. The normalized spacial score (nSPS) is 32.3. The summed E-state index contributed by atoms with van der Waals surface area (Å²) >= 11 is 0. The molecule has 4 N–H and O–H groups in total. The molecule has 228 valence electrons. The van der Waals surface area contributed by atoms with E-state index >= 15 is 0 Å². The number of carbonyl (C=O) groups excluding carboxylic acids is 5. The molecule has 10 heteroatoms. The number of Topliss-reactive ketones (excluding diaryl/α,β-unsaturated/α-hetero) is 1. The zero-order valence-corrected chi connectivity index (χ0v) is 24.9. The van der Waals surface area contributed by atoms with Gasteiger partial charge in [0.15, 0.2) is 0 Å². The van der Waals surface area contributed by atoms with Crippen molar-refractivity contribution in [3.63, 3.8) is 0 Å². The van der Waals surface area contributed by atoms with Crippen LogP contribution in [0, 0.1) is 35.0 Å². The lowest BCUT2D eigenvalue weighted by atomic mass is 9.83. The van der Waals surface area contributed by atoms with Crippen LogP contribution in [0.5, 0.6) is 0 Å². The molecule has 0 aromatic rings. The standard InChI is InChI=1S/C31H48N4O6/c1-17-9-7-8-12-22(17)41-30(40)34-24(19-10-5-4-6-11-19)29(39)35-16-20-23(31(20,2)3)25(35)28(38)33-21(15-18-13-14-18)26(36)27(32)37/h17-25H,4-16H2,1-3H3,(H2,32,37)(H,33,38)(H,34,40)/t17?,20-,21?,22?,23-,24-,25-/m0/s1. The van der Waals surface area contributed by atoms with Crippen LogP contribution in [0.2, 0.25) is 0 Å². The number of fused-ring (bicyclic) bond motifs is 1. The number of alkyl carbamates (subject to hydrolysis) is 1. The monoisotopic (exact) mass is 572 g/mol. The maximum absolute atomic E-state index is 14.3. The van der Waals surface area contributed by atoms with Gasteiger partial charge >= 0.3 is 6.09 Å². The minimum atomic E-state index is -1.06. The number of hydrogen-bond acceptors (Lipinski definition) is 6. The first-order chi connectivity index (χ1) is 19.5. The summed E-state index contributed by atoms with van der Waals surface area (Å²) in [5, 5.41) is 5.76. The van der Waals surface area contributed by atoms with Crippen LogP contribution in [0.15, 0.2) is 0 Å². The molecule has 0 radical (unpaired) electrons. The molecular formula is C31H48N4O6. The van der Waals surface area contributed by atoms with Crippen molar-refractivity contribution in [2.45, 2.75) is 122 Å². The molecule has 0 spiro atoms. The molecule has 4 saturated carbocycles. The molecule has 4 aliphatic carbocycles. The molecule has 5 aliphatic rings. The maximum atomic E-state index is 14.3. The molecule has 5 rings (SSSR count). The molecule has 0 bridgehead atoms. The van der Waals surface area contributed by atoms with Crippen molar-refractivity contribution in [1.29, 1.82) is 0 Å². The fraction of sp³-hybridized carbons (Fsp3) is 0.839. The van der Waals surface area contributed by atoms with Crippen LogP contribution in [0.3, 0.4) is 0 Å². The quantitative estimate of drug-likeness (QED) is 0.343. The number of ether oxygens (including phenoxy) is 1. The average Bonchev–Trinajstić information content (AvgIpc) is 3.79. The van der Waals surface area contributed by atoms with Gasteiger partial charge in [-0.2, -0.15) is 0 Å². The van der Waals surface area contributed by atoms with Gasteiger partial charge in [-0.1, -0.05) is 59.3 Å². The van der Waals surface area contributed by atoms with Gasteiger partial charge < -0.3 is 26.0 Å². The molecule has 1 saturated heterocycles. The Hall–Kier alpha value is -2.65. The lowest BCUT2D eigenvalue weighted by Gasteiger charge is -2.37. The van der Waals surface area contributed by atoms with E-state index in [9.17, 15) is 24.0 Å². The van der Waals surface area contributed by atoms with Gasteiger partial charge in [0.05, 0.1) is 6.04 Å². The number of rotatable bonds is 10. The van der Waals surface area contributed by atoms with E-state index in [1.54, 1.807) is 4.90 Å². The molecule has 5 fully saturated rings. The predicted molar refractivity (Wildman–Crippen MR) is 151 cm³/mol. The molecule has 10 nitrogen and oxygen atoms in total. The Morgan fingerprint density at radius 2 is 1.59 bits per heavy atom. The van der Waals surface area contributed by atoms with Crippen LogP contribution in [0.1, 0.15) is 97.8 Å². The number of primary amides is 1. The summed E-state index contributed by atoms with van der Waals surface area (Å²) in [4.78, 5) is 67.2. The zero-order valence-electron chi connectivity index (χ0n) is 24.9. The van der Waals surface area contributed by atoms with Crippen LogP contribution in [0.4, 0.5) is 4.79 Å². The van der Waals surface area contributed by atoms with Crippen molar-refractivity contribution in [3.8, 4) is 0 Å². The highest BCUT2D eigenvalue weighted by atomic mass is 16.6. The number of ketones is 1. The molecular weight excluding hydrogens is 524 g/mol. The lowest BCUT2D eigenvalue weighted by Crippen LogP contribution is -2.59. The van der Waals surface area contributed by atoms with Crippen molar-refractivity contribution in [1.82, 2.24) is 15.5 Å². The van der Waals surface area contributed by atoms with E-state index in [-0.39, 0.29) is 47.0 Å². The number of piperidine rings is 1. The SMILES string of the molecule is CC1CCCCC1OC(=O)N[C@H](C(=O)N1C[C@H]2[C@@H]([C@H]1C(=O)NC(CC1CC1)C(=O)C(N)=O)C2(C)C)C1CCCCC1. The van der Waals surface area contributed by atoms with E-state index < -0.39 is 41.8 Å². The number of carbonyl (C=O) groups is 5. The summed E-state index contributed by atoms with van der Waals surface area (Å²) in [5.74, 6) is -1.90. The highest BCUT2D eigenvalue weighted by molar-refractivity contribution is 6.37. The third-order valence-electron chi connectivity index (χ3n) is 10.9. The number of hydrogen-bond donors (Lipinski definition) is 3. The molecule has 7 atom stereocenters. The van der Waals surface area contributed by atoms with E-state index in [4.69, 9.17) is 10.5 Å². The van der Waals surface area contributed by atoms with Crippen molar-refractivity contribution < 1.29 is 28.7 Å². The summed E-state index contributed by atoms with van der Waals surface area (Å²) in [5.41, 5.74) is 5.18. The van der Waals surface area contributed by atoms with Gasteiger partial charge in [-0.3, -0.25) is 19.2 Å². The predicted octanol–water partition coefficient (Wildman–Crippen LogP) is 3.06. The van der Waals surface area contributed by atoms with Gasteiger partial charge in [0.1, 0.15) is 18.2 Å². The van der Waals surface area contributed by atoms with Gasteiger partial charge in [0.25, 0.3) is 5.91 Å². The molecule has 0 aromatic heterocycles. The van der Waals surface area contributed by atoms with Gasteiger partial charge in [0.2, 0.25) is 17.6 Å². The van der Waals surface area contributed by atoms with E-state index in [1.165, 1.54) is 0 Å². The fourth-order valence-electron chi connectivity index (χ4n) is 7.94. The number of nitrogens with zero attached hydrogens (tertiary/aromatic N) is 1. The molecule has 3 unspecified atom stereocenters. The zero-order chi connectivity index (χ0) is 29.5. The van der Waals surface area contributed by atoms with Crippen molar-refractivity contribution in [3.05, 3.63) is 0 Å². The smallest absolute Gasteiger partial charge is 0.408 e. The highest BCUT2D eigenvalue weighted by Gasteiger charge is 2.69. The Morgan fingerprint density at radius 3 is 2.22 bits per heavy atom. The number of nitrogens with two attached hydrogens (primary N) is 1. The van der Waals surface area contributed by atoms with E-state index in [0.29, 0.717) is 13.0 Å². The Labute approximate surface area is 243 Å². The summed E-state index contributed by atoms with van der Waals surface area (Å²) in [6, 6.07) is -2.52. The highest BCUT2D eigenvalue weighted by Crippen LogP contribution is 2.65.